The average molecular weight is 371 g/mol. The van der Waals surface area contributed by atoms with Crippen LogP contribution in [-0.2, 0) is 0 Å². The molecular formula is C20H22FN3O3. The highest BCUT2D eigenvalue weighted by Crippen LogP contribution is 2.39. The molecule has 6 nitrogen and oxygen atoms in total. The number of rotatable bonds is 3. The third-order valence-electron chi connectivity index (χ3n) is 6.26. The van der Waals surface area contributed by atoms with Crippen LogP contribution in [-0.4, -0.2) is 41.3 Å². The maximum Gasteiger partial charge on any atom is 0.341 e. The van der Waals surface area contributed by atoms with Gasteiger partial charge in [0.1, 0.15) is 11.4 Å². The number of aromatic nitrogens is 1. The Kier molecular flexibility index (Phi) is 3.75. The first-order chi connectivity index (χ1) is 13.0. The Bertz CT molecular complexity index is 998. The molecule has 2 N–H and O–H groups in total. The summed E-state index contributed by atoms with van der Waals surface area (Å²) in [4.78, 5) is 26.2. The molecule has 1 aliphatic carbocycles. The molecule has 3 fully saturated rings. The predicted octanol–water partition coefficient (Wildman–Crippen LogP) is 2.36. The highest BCUT2D eigenvalue weighted by Gasteiger charge is 2.36. The lowest BCUT2D eigenvalue weighted by Crippen LogP contribution is -2.45. The lowest BCUT2D eigenvalue weighted by atomic mass is 9.91. The summed E-state index contributed by atoms with van der Waals surface area (Å²) in [6.07, 6.45) is 5.50. The van der Waals surface area contributed by atoms with Crippen LogP contribution in [0.1, 0.15) is 42.1 Å². The van der Waals surface area contributed by atoms with Crippen molar-refractivity contribution < 1.29 is 14.3 Å². The summed E-state index contributed by atoms with van der Waals surface area (Å²) < 4.78 is 16.9. The van der Waals surface area contributed by atoms with E-state index in [0.29, 0.717) is 17.1 Å². The van der Waals surface area contributed by atoms with Gasteiger partial charge in [0.15, 0.2) is 0 Å². The van der Waals surface area contributed by atoms with E-state index in [9.17, 15) is 14.7 Å². The van der Waals surface area contributed by atoms with Crippen molar-refractivity contribution in [3.8, 4) is 0 Å². The molecule has 2 saturated heterocycles. The minimum Gasteiger partial charge on any atom is -0.477 e. The SMILES string of the molecule is O=C(O)c1cn(C2CC2)c2cc(N3CCCC4CNCC43)c(F)cc2c1=O. The lowest BCUT2D eigenvalue weighted by molar-refractivity contribution is 0.0695. The van der Waals surface area contributed by atoms with Gasteiger partial charge in [-0.1, -0.05) is 0 Å². The number of fused-ring (bicyclic) bond motifs is 2. The highest BCUT2D eigenvalue weighted by molar-refractivity contribution is 5.93. The summed E-state index contributed by atoms with van der Waals surface area (Å²) in [6, 6.07) is 3.46. The van der Waals surface area contributed by atoms with E-state index in [4.69, 9.17) is 0 Å². The van der Waals surface area contributed by atoms with E-state index in [2.05, 4.69) is 10.2 Å². The molecule has 0 spiro atoms. The summed E-state index contributed by atoms with van der Waals surface area (Å²) in [5.41, 5.74) is 0.258. The van der Waals surface area contributed by atoms with Crippen molar-refractivity contribution in [1.82, 2.24) is 9.88 Å². The first-order valence-corrected chi connectivity index (χ1v) is 9.63. The van der Waals surface area contributed by atoms with Crippen LogP contribution in [0.2, 0.25) is 0 Å². The molecule has 7 heteroatoms. The fourth-order valence-electron chi connectivity index (χ4n) is 4.75. The van der Waals surface area contributed by atoms with E-state index < -0.39 is 17.2 Å². The van der Waals surface area contributed by atoms with Crippen molar-refractivity contribution in [1.29, 1.82) is 0 Å². The molecule has 2 aliphatic heterocycles. The maximum atomic E-state index is 15.1. The van der Waals surface area contributed by atoms with Gasteiger partial charge in [0.25, 0.3) is 0 Å². The van der Waals surface area contributed by atoms with Crippen LogP contribution in [0, 0.1) is 11.7 Å². The predicted molar refractivity (Wildman–Crippen MR) is 100 cm³/mol. The molecule has 2 unspecified atom stereocenters. The number of nitrogens with zero attached hydrogens (tertiary/aromatic N) is 2. The second-order valence-electron chi connectivity index (χ2n) is 7.96. The van der Waals surface area contributed by atoms with Crippen molar-refractivity contribution >= 4 is 22.6 Å². The average Bonchev–Trinajstić information content (AvgIpc) is 3.37. The summed E-state index contributed by atoms with van der Waals surface area (Å²) in [7, 11) is 0. The topological polar surface area (TPSA) is 74.6 Å². The standard InChI is InChI=1S/C20H22FN3O3/c21-15-6-13-16(24(12-3-4-12)10-14(19(13)25)20(26)27)7-17(15)23-5-1-2-11-8-22-9-18(11)23/h6-7,10-12,18,22H,1-5,8-9H2,(H,26,27). The molecular weight excluding hydrogens is 349 g/mol. The van der Waals surface area contributed by atoms with E-state index in [1.807, 2.05) is 4.57 Å². The molecule has 2 aromatic rings. The molecule has 5 rings (SSSR count). The summed E-state index contributed by atoms with van der Waals surface area (Å²) >= 11 is 0. The molecule has 0 amide bonds. The van der Waals surface area contributed by atoms with Crippen LogP contribution < -0.4 is 15.6 Å². The molecule has 1 aromatic heterocycles. The van der Waals surface area contributed by atoms with Gasteiger partial charge in [0, 0.05) is 43.3 Å². The quantitative estimate of drug-likeness (QED) is 0.866. The Morgan fingerprint density at radius 3 is 2.78 bits per heavy atom. The van der Waals surface area contributed by atoms with E-state index in [0.717, 1.165) is 45.3 Å². The smallest absolute Gasteiger partial charge is 0.341 e. The van der Waals surface area contributed by atoms with Gasteiger partial charge in [0.05, 0.1) is 11.2 Å². The summed E-state index contributed by atoms with van der Waals surface area (Å²) in [5, 5.41) is 12.9. The number of pyridine rings is 1. The number of carboxylic acid groups (broad SMARTS) is 1. The number of carbonyl (C=O) groups is 1. The van der Waals surface area contributed by atoms with Crippen LogP contribution in [0.25, 0.3) is 10.9 Å². The molecule has 2 atom stereocenters. The van der Waals surface area contributed by atoms with Crippen molar-refractivity contribution in [2.45, 2.75) is 37.8 Å². The normalized spacial score (nSPS) is 25.0. The van der Waals surface area contributed by atoms with Gasteiger partial charge >= 0.3 is 5.97 Å². The van der Waals surface area contributed by atoms with Crippen LogP contribution in [0.15, 0.2) is 23.1 Å². The van der Waals surface area contributed by atoms with E-state index in [1.54, 1.807) is 6.07 Å². The van der Waals surface area contributed by atoms with Crippen LogP contribution >= 0.6 is 0 Å². The molecule has 3 aliphatic rings. The molecule has 1 aromatic carbocycles. The number of carboxylic acids is 1. The number of piperidine rings is 1. The number of aromatic carboxylic acids is 1. The zero-order valence-corrected chi connectivity index (χ0v) is 14.9. The monoisotopic (exact) mass is 371 g/mol. The molecule has 142 valence electrons. The lowest BCUT2D eigenvalue weighted by Gasteiger charge is -2.39. The van der Waals surface area contributed by atoms with E-state index >= 15 is 4.39 Å². The number of hydrogen-bond donors (Lipinski definition) is 2. The highest BCUT2D eigenvalue weighted by atomic mass is 19.1. The molecule has 1 saturated carbocycles. The van der Waals surface area contributed by atoms with Crippen molar-refractivity contribution in [2.75, 3.05) is 24.5 Å². The molecule has 3 heterocycles. The van der Waals surface area contributed by atoms with Crippen LogP contribution in [0.5, 0.6) is 0 Å². The molecule has 0 bridgehead atoms. The summed E-state index contributed by atoms with van der Waals surface area (Å²) in [6.45, 7) is 2.60. The first kappa shape index (κ1) is 16.7. The number of halogens is 1. The fourth-order valence-corrected chi connectivity index (χ4v) is 4.75. The third kappa shape index (κ3) is 2.64. The van der Waals surface area contributed by atoms with Gasteiger partial charge < -0.3 is 19.9 Å². The Morgan fingerprint density at radius 1 is 1.22 bits per heavy atom. The number of nitrogens with one attached hydrogen (secondary N) is 1. The Hall–Kier alpha value is -2.41. The van der Waals surface area contributed by atoms with E-state index in [-0.39, 0.29) is 23.0 Å². The van der Waals surface area contributed by atoms with Gasteiger partial charge in [-0.25, -0.2) is 9.18 Å². The second-order valence-corrected chi connectivity index (χ2v) is 7.96. The van der Waals surface area contributed by atoms with Crippen molar-refractivity contribution in [3.63, 3.8) is 0 Å². The largest absolute Gasteiger partial charge is 0.477 e. The van der Waals surface area contributed by atoms with Gasteiger partial charge in [-0.05, 0) is 43.7 Å². The fraction of sp³-hybridized carbons (Fsp3) is 0.500. The van der Waals surface area contributed by atoms with Crippen LogP contribution in [0.4, 0.5) is 10.1 Å². The Balaban J connectivity index is 1.70. The van der Waals surface area contributed by atoms with Gasteiger partial charge in [0.2, 0.25) is 5.43 Å². The number of anilines is 1. The van der Waals surface area contributed by atoms with Gasteiger partial charge in [-0.15, -0.1) is 0 Å². The number of hydrogen-bond acceptors (Lipinski definition) is 4. The minimum absolute atomic E-state index is 0.154. The zero-order chi connectivity index (χ0) is 18.7. The van der Waals surface area contributed by atoms with Crippen LogP contribution in [0.3, 0.4) is 0 Å². The van der Waals surface area contributed by atoms with Crippen molar-refractivity contribution in [3.05, 3.63) is 39.9 Å². The second kappa shape index (κ2) is 6.05. The molecule has 0 radical (unpaired) electrons. The zero-order valence-electron chi connectivity index (χ0n) is 14.9. The Labute approximate surface area is 155 Å². The number of benzene rings is 1. The minimum atomic E-state index is -1.27. The molecule has 27 heavy (non-hydrogen) atoms. The van der Waals surface area contributed by atoms with E-state index in [1.165, 1.54) is 12.3 Å². The van der Waals surface area contributed by atoms with Gasteiger partial charge in [-0.3, -0.25) is 4.79 Å². The maximum absolute atomic E-state index is 15.1. The van der Waals surface area contributed by atoms with Gasteiger partial charge in [-0.2, -0.15) is 0 Å². The Morgan fingerprint density at radius 2 is 2.04 bits per heavy atom. The third-order valence-corrected chi connectivity index (χ3v) is 6.26. The first-order valence-electron chi connectivity index (χ1n) is 9.63. The van der Waals surface area contributed by atoms with Crippen molar-refractivity contribution in [2.24, 2.45) is 5.92 Å². The summed E-state index contributed by atoms with van der Waals surface area (Å²) in [5.74, 6) is -1.19.